The minimum Gasteiger partial charge on any atom is -0.402 e. The molecule has 1 unspecified atom stereocenters. The molecule has 0 aliphatic rings. The van der Waals surface area contributed by atoms with E-state index in [1.165, 1.54) is 0 Å². The predicted molar refractivity (Wildman–Crippen MR) is 42.9 cm³/mol. The number of hydrogen-bond acceptors (Lipinski definition) is 3. The van der Waals surface area contributed by atoms with Gasteiger partial charge >= 0.3 is 0 Å². The van der Waals surface area contributed by atoms with Gasteiger partial charge in [-0.3, -0.25) is 0 Å². The Morgan fingerprint density at radius 1 is 1.30 bits per heavy atom. The van der Waals surface area contributed by atoms with Crippen LogP contribution in [0, 0.1) is 0 Å². The van der Waals surface area contributed by atoms with E-state index in [4.69, 9.17) is 13.9 Å². The number of rotatable bonds is 6. The maximum atomic E-state index is 5.18. The normalized spacial score (nSPS) is 13.8. The van der Waals surface area contributed by atoms with E-state index in [2.05, 4.69) is 0 Å². The second-order valence-corrected chi connectivity index (χ2v) is 2.25. The second-order valence-electron chi connectivity index (χ2n) is 1.78. The van der Waals surface area contributed by atoms with Gasteiger partial charge in [0.25, 0.3) is 0 Å². The summed E-state index contributed by atoms with van der Waals surface area (Å²) >= 11 is 0. The fraction of sp³-hybridized carbons (Fsp3) is 1.00. The van der Waals surface area contributed by atoms with Crippen LogP contribution in [0.5, 0.6) is 0 Å². The molecule has 0 aromatic heterocycles. The Labute approximate surface area is 65.2 Å². The van der Waals surface area contributed by atoms with Crippen molar-refractivity contribution in [2.45, 2.75) is 20.1 Å². The minimum absolute atomic E-state index is 0.142. The van der Waals surface area contributed by atoms with Crippen molar-refractivity contribution in [2.75, 3.05) is 19.8 Å². The summed E-state index contributed by atoms with van der Waals surface area (Å²) in [6.45, 7) is 5.85. The van der Waals surface area contributed by atoms with Crippen LogP contribution in [0.15, 0.2) is 0 Å². The summed E-state index contributed by atoms with van der Waals surface area (Å²) in [6, 6.07) is 0. The van der Waals surface area contributed by atoms with E-state index >= 15 is 0 Å². The first kappa shape index (κ1) is 10.1. The van der Waals surface area contributed by atoms with E-state index in [0.29, 0.717) is 30.3 Å². The quantitative estimate of drug-likeness (QED) is 0.398. The molecule has 0 N–H and O–H groups in total. The molecule has 0 spiro atoms. The van der Waals surface area contributed by atoms with Gasteiger partial charge in [0.05, 0.1) is 6.61 Å². The lowest BCUT2D eigenvalue weighted by Crippen LogP contribution is -2.22. The topological polar surface area (TPSA) is 27.7 Å². The zero-order valence-corrected chi connectivity index (χ0v) is 8.92. The molecule has 0 aliphatic carbocycles. The van der Waals surface area contributed by atoms with Gasteiger partial charge in [-0.2, -0.15) is 0 Å². The average molecular weight is 164 g/mol. The summed E-state index contributed by atoms with van der Waals surface area (Å²) in [5.41, 5.74) is 0. The summed E-state index contributed by atoms with van der Waals surface area (Å²) in [5.74, 6) is 0. The van der Waals surface area contributed by atoms with Crippen LogP contribution in [0.25, 0.3) is 0 Å². The van der Waals surface area contributed by atoms with Crippen LogP contribution in [0.3, 0.4) is 0 Å². The van der Waals surface area contributed by atoms with E-state index in [9.17, 15) is 0 Å². The molecule has 1 atom stereocenters. The number of ether oxygens (including phenoxy) is 2. The fourth-order valence-corrected chi connectivity index (χ4v) is 0.856. The molecule has 0 radical (unpaired) electrons. The molecule has 0 amide bonds. The van der Waals surface area contributed by atoms with Crippen molar-refractivity contribution >= 4 is 10.5 Å². The molecule has 62 valence electrons. The average Bonchev–Trinajstić information content (AvgIpc) is 1.98. The Bertz CT molecular complexity index is 70.0. The van der Waals surface area contributed by atoms with E-state index < -0.39 is 0 Å². The molecule has 0 heterocycles. The highest BCUT2D eigenvalue weighted by Gasteiger charge is 2.03. The second kappa shape index (κ2) is 7.21. The Balaban J connectivity index is 3.21. The van der Waals surface area contributed by atoms with Crippen LogP contribution in [0.2, 0.25) is 0 Å². The largest absolute Gasteiger partial charge is 0.402 e. The molecule has 3 nitrogen and oxygen atoms in total. The zero-order valence-electron chi connectivity index (χ0n) is 6.92. The Kier molecular flexibility index (Phi) is 7.28. The van der Waals surface area contributed by atoms with Gasteiger partial charge in [0, 0.05) is 13.2 Å². The third-order valence-corrected chi connectivity index (χ3v) is 1.60. The molecular formula is C6H16O3Si. The molecule has 0 aromatic carbocycles. The molecule has 0 saturated carbocycles. The third kappa shape index (κ3) is 4.93. The van der Waals surface area contributed by atoms with E-state index in [1.54, 1.807) is 0 Å². The van der Waals surface area contributed by atoms with Gasteiger partial charge in [-0.05, 0) is 13.8 Å². The van der Waals surface area contributed by atoms with Crippen molar-refractivity contribution in [1.29, 1.82) is 0 Å². The van der Waals surface area contributed by atoms with Crippen LogP contribution < -0.4 is 0 Å². The first-order valence-corrected chi connectivity index (χ1v) is 4.38. The molecular weight excluding hydrogens is 148 g/mol. The van der Waals surface area contributed by atoms with Crippen molar-refractivity contribution in [3.63, 3.8) is 0 Å². The van der Waals surface area contributed by atoms with Crippen molar-refractivity contribution in [1.82, 2.24) is 0 Å². The maximum absolute atomic E-state index is 5.18. The first-order chi connectivity index (χ1) is 4.85. The zero-order chi connectivity index (χ0) is 7.82. The smallest absolute Gasteiger partial charge is 0.170 e. The van der Waals surface area contributed by atoms with Gasteiger partial charge in [0.2, 0.25) is 0 Å². The minimum atomic E-state index is -0.142. The Morgan fingerprint density at radius 3 is 2.40 bits per heavy atom. The van der Waals surface area contributed by atoms with Crippen LogP contribution in [0.4, 0.5) is 0 Å². The summed E-state index contributed by atoms with van der Waals surface area (Å²) < 4.78 is 15.4. The SMILES string of the molecule is CCOCC(O[SiH3])OCC. The molecule has 0 rings (SSSR count). The maximum Gasteiger partial charge on any atom is 0.170 e. The lowest BCUT2D eigenvalue weighted by atomic mass is 10.6. The van der Waals surface area contributed by atoms with Crippen molar-refractivity contribution in [3.8, 4) is 0 Å². The van der Waals surface area contributed by atoms with Gasteiger partial charge < -0.3 is 13.9 Å². The van der Waals surface area contributed by atoms with Crippen molar-refractivity contribution in [2.24, 2.45) is 0 Å². The summed E-state index contributed by atoms with van der Waals surface area (Å²) in [7, 11) is 0.698. The molecule has 4 heteroatoms. The van der Waals surface area contributed by atoms with Gasteiger partial charge in [-0.1, -0.05) is 0 Å². The number of hydrogen-bond donors (Lipinski definition) is 0. The van der Waals surface area contributed by atoms with E-state index in [1.807, 2.05) is 13.8 Å². The molecule has 0 saturated heterocycles. The third-order valence-electron chi connectivity index (χ3n) is 1.07. The monoisotopic (exact) mass is 164 g/mol. The van der Waals surface area contributed by atoms with Crippen LogP contribution >= 0.6 is 0 Å². The van der Waals surface area contributed by atoms with Crippen LogP contribution in [0.1, 0.15) is 13.8 Å². The van der Waals surface area contributed by atoms with Crippen LogP contribution in [-0.2, 0) is 13.9 Å². The highest BCUT2D eigenvalue weighted by molar-refractivity contribution is 5.98. The molecule has 0 aromatic rings. The predicted octanol–water partition coefficient (Wildman–Crippen LogP) is -0.317. The Morgan fingerprint density at radius 2 is 2.00 bits per heavy atom. The molecule has 0 bridgehead atoms. The van der Waals surface area contributed by atoms with Crippen LogP contribution in [-0.4, -0.2) is 36.6 Å². The highest BCUT2D eigenvalue weighted by atomic mass is 28.2. The molecule has 10 heavy (non-hydrogen) atoms. The molecule has 0 aliphatic heterocycles. The van der Waals surface area contributed by atoms with Gasteiger partial charge in [-0.25, -0.2) is 0 Å². The van der Waals surface area contributed by atoms with Gasteiger partial charge in [0.1, 0.15) is 10.5 Å². The first-order valence-electron chi connectivity index (χ1n) is 3.57. The standard InChI is InChI=1S/C6H16O3Si/c1-3-7-5-6(9-10)8-4-2/h6H,3-5H2,1-2,10H3. The van der Waals surface area contributed by atoms with E-state index in [-0.39, 0.29) is 6.29 Å². The van der Waals surface area contributed by atoms with Crippen molar-refractivity contribution < 1.29 is 13.9 Å². The highest BCUT2D eigenvalue weighted by Crippen LogP contribution is 1.92. The van der Waals surface area contributed by atoms with E-state index in [0.717, 1.165) is 0 Å². The molecule has 0 fully saturated rings. The summed E-state index contributed by atoms with van der Waals surface area (Å²) in [6.07, 6.45) is -0.142. The Hall–Kier alpha value is 0.0969. The lowest BCUT2D eigenvalue weighted by Gasteiger charge is -2.14. The van der Waals surface area contributed by atoms with Gasteiger partial charge in [0.15, 0.2) is 6.29 Å². The summed E-state index contributed by atoms with van der Waals surface area (Å²) in [4.78, 5) is 0. The lowest BCUT2D eigenvalue weighted by molar-refractivity contribution is -0.114. The van der Waals surface area contributed by atoms with Crippen molar-refractivity contribution in [3.05, 3.63) is 0 Å². The fourth-order valence-electron chi connectivity index (χ4n) is 0.584. The summed E-state index contributed by atoms with van der Waals surface area (Å²) in [5, 5.41) is 0. The van der Waals surface area contributed by atoms with Gasteiger partial charge in [-0.15, -0.1) is 0 Å².